The van der Waals surface area contributed by atoms with Gasteiger partial charge >= 0.3 is 6.18 Å². The summed E-state index contributed by atoms with van der Waals surface area (Å²) >= 11 is 0. The first kappa shape index (κ1) is 21.2. The van der Waals surface area contributed by atoms with Gasteiger partial charge in [0.15, 0.2) is 12.4 Å². The standard InChI is InChI=1S/C18H16F3N9O2/c19-18(20,21)10-32-12-29-9-14(8-22-29)23-17(31)15-6-7-28(25-15)11-30-26-16(24-27-30)13-4-2-1-3-5-13/h1-9H,10-12H2,(H,23,31). The molecule has 14 heteroatoms. The Labute approximate surface area is 178 Å². The molecule has 3 aromatic heterocycles. The van der Waals surface area contributed by atoms with Crippen molar-refractivity contribution in [3.05, 3.63) is 60.7 Å². The Morgan fingerprint density at radius 3 is 2.69 bits per heavy atom. The van der Waals surface area contributed by atoms with E-state index in [0.717, 1.165) is 10.2 Å². The zero-order chi connectivity index (χ0) is 22.6. The lowest BCUT2D eigenvalue weighted by atomic mass is 10.2. The van der Waals surface area contributed by atoms with Crippen LogP contribution in [-0.2, 0) is 18.1 Å². The second-order valence-corrected chi connectivity index (χ2v) is 6.55. The fraction of sp³-hybridized carbons (Fsp3) is 0.222. The number of alkyl halides is 3. The van der Waals surface area contributed by atoms with Crippen molar-refractivity contribution in [2.75, 3.05) is 11.9 Å². The van der Waals surface area contributed by atoms with E-state index in [1.807, 2.05) is 30.3 Å². The molecule has 0 saturated heterocycles. The van der Waals surface area contributed by atoms with Gasteiger partial charge in [-0.3, -0.25) is 4.79 Å². The summed E-state index contributed by atoms with van der Waals surface area (Å²) < 4.78 is 43.4. The van der Waals surface area contributed by atoms with Crippen LogP contribution in [0.2, 0.25) is 0 Å². The third-order valence-electron chi connectivity index (χ3n) is 4.01. The molecule has 4 rings (SSSR count). The van der Waals surface area contributed by atoms with Gasteiger partial charge in [0.05, 0.1) is 18.1 Å². The molecular weight excluding hydrogens is 431 g/mol. The second-order valence-electron chi connectivity index (χ2n) is 6.55. The molecule has 0 atom stereocenters. The van der Waals surface area contributed by atoms with Crippen molar-refractivity contribution in [1.82, 2.24) is 39.8 Å². The van der Waals surface area contributed by atoms with E-state index in [0.29, 0.717) is 5.82 Å². The van der Waals surface area contributed by atoms with E-state index in [4.69, 9.17) is 0 Å². The monoisotopic (exact) mass is 447 g/mol. The molecule has 1 amide bonds. The lowest BCUT2D eigenvalue weighted by Crippen LogP contribution is -2.18. The molecule has 0 saturated carbocycles. The molecule has 3 heterocycles. The highest BCUT2D eigenvalue weighted by Crippen LogP contribution is 2.15. The summed E-state index contributed by atoms with van der Waals surface area (Å²) in [6.45, 7) is -1.65. The number of tetrazole rings is 1. The van der Waals surface area contributed by atoms with Crippen LogP contribution in [0.25, 0.3) is 11.4 Å². The van der Waals surface area contributed by atoms with Crippen LogP contribution in [0.5, 0.6) is 0 Å². The van der Waals surface area contributed by atoms with Crippen LogP contribution in [0.3, 0.4) is 0 Å². The van der Waals surface area contributed by atoms with Crippen LogP contribution in [0.15, 0.2) is 55.0 Å². The van der Waals surface area contributed by atoms with Crippen molar-refractivity contribution >= 4 is 11.6 Å². The molecule has 1 N–H and O–H groups in total. The number of amides is 1. The molecule has 0 bridgehead atoms. The largest absolute Gasteiger partial charge is 0.411 e. The van der Waals surface area contributed by atoms with E-state index in [9.17, 15) is 18.0 Å². The maximum absolute atomic E-state index is 12.4. The third kappa shape index (κ3) is 5.54. The van der Waals surface area contributed by atoms with Gasteiger partial charge in [0.1, 0.15) is 13.3 Å². The lowest BCUT2D eigenvalue weighted by molar-refractivity contribution is -0.182. The minimum absolute atomic E-state index is 0.120. The summed E-state index contributed by atoms with van der Waals surface area (Å²) in [4.78, 5) is 13.7. The fourth-order valence-electron chi connectivity index (χ4n) is 2.65. The number of hydrogen-bond donors (Lipinski definition) is 1. The number of carbonyl (C=O) groups excluding carboxylic acids is 1. The summed E-state index contributed by atoms with van der Waals surface area (Å²) in [5, 5.41) is 22.8. The van der Waals surface area contributed by atoms with E-state index in [-0.39, 0.29) is 18.1 Å². The first-order valence-corrected chi connectivity index (χ1v) is 9.21. The number of rotatable bonds is 8. The van der Waals surface area contributed by atoms with Crippen molar-refractivity contribution in [3.63, 3.8) is 0 Å². The summed E-state index contributed by atoms with van der Waals surface area (Å²) in [7, 11) is 0. The van der Waals surface area contributed by atoms with Crippen LogP contribution in [0.4, 0.5) is 18.9 Å². The number of ether oxygens (including phenoxy) is 1. The number of carbonyl (C=O) groups is 1. The Morgan fingerprint density at radius 2 is 1.91 bits per heavy atom. The zero-order valence-corrected chi connectivity index (χ0v) is 16.3. The third-order valence-corrected chi connectivity index (χ3v) is 4.01. The maximum Gasteiger partial charge on any atom is 0.411 e. The van der Waals surface area contributed by atoms with Gasteiger partial charge in [-0.2, -0.15) is 23.4 Å². The number of nitrogens with one attached hydrogen (secondary N) is 1. The highest BCUT2D eigenvalue weighted by molar-refractivity contribution is 6.02. The first-order chi connectivity index (χ1) is 15.4. The average Bonchev–Trinajstić information content (AvgIpc) is 3.50. The lowest BCUT2D eigenvalue weighted by Gasteiger charge is -2.07. The number of nitrogens with zero attached hydrogens (tertiary/aromatic N) is 8. The Kier molecular flexibility index (Phi) is 5.93. The topological polar surface area (TPSA) is 118 Å². The van der Waals surface area contributed by atoms with Crippen LogP contribution in [0.1, 0.15) is 10.5 Å². The Bertz CT molecular complexity index is 1180. The predicted molar refractivity (Wildman–Crippen MR) is 103 cm³/mol. The normalized spacial score (nSPS) is 11.6. The minimum atomic E-state index is -4.42. The fourth-order valence-corrected chi connectivity index (χ4v) is 2.65. The van der Waals surface area contributed by atoms with Crippen LogP contribution in [0, 0.1) is 0 Å². The minimum Gasteiger partial charge on any atom is -0.350 e. The molecule has 0 unspecified atom stereocenters. The molecule has 166 valence electrons. The van der Waals surface area contributed by atoms with Gasteiger partial charge in [0.2, 0.25) is 5.82 Å². The number of halogens is 3. The smallest absolute Gasteiger partial charge is 0.350 e. The van der Waals surface area contributed by atoms with Gasteiger partial charge in [-0.05, 0) is 11.3 Å². The van der Waals surface area contributed by atoms with Crippen LogP contribution in [-0.4, -0.2) is 58.5 Å². The molecule has 0 aliphatic heterocycles. The zero-order valence-electron chi connectivity index (χ0n) is 16.3. The first-order valence-electron chi connectivity index (χ1n) is 9.21. The molecule has 0 fully saturated rings. The Hall–Kier alpha value is -4.07. The van der Waals surface area contributed by atoms with Crippen molar-refractivity contribution in [3.8, 4) is 11.4 Å². The van der Waals surface area contributed by atoms with Gasteiger partial charge in [-0.25, -0.2) is 9.36 Å². The summed E-state index contributed by atoms with van der Waals surface area (Å²) in [6, 6.07) is 10.9. The van der Waals surface area contributed by atoms with Crippen molar-refractivity contribution in [2.45, 2.75) is 19.6 Å². The highest BCUT2D eigenvalue weighted by Gasteiger charge is 2.27. The molecule has 11 nitrogen and oxygen atoms in total. The quantitative estimate of drug-likeness (QED) is 0.439. The van der Waals surface area contributed by atoms with E-state index in [1.54, 1.807) is 6.20 Å². The molecule has 4 aromatic rings. The van der Waals surface area contributed by atoms with Gasteiger partial charge in [0, 0.05) is 11.8 Å². The molecular formula is C18H16F3N9O2. The molecule has 1 aromatic carbocycles. The molecule has 0 radical (unpaired) electrons. The van der Waals surface area contributed by atoms with Crippen molar-refractivity contribution < 1.29 is 22.7 Å². The van der Waals surface area contributed by atoms with Crippen molar-refractivity contribution in [2.24, 2.45) is 0 Å². The molecule has 0 aliphatic rings. The maximum atomic E-state index is 12.4. The molecule has 0 aliphatic carbocycles. The van der Waals surface area contributed by atoms with E-state index in [2.05, 4.69) is 35.7 Å². The SMILES string of the molecule is O=C(Nc1cnn(COCC(F)(F)F)c1)c1ccn(Cn2nnc(-c3ccccc3)n2)n1. The van der Waals surface area contributed by atoms with Gasteiger partial charge < -0.3 is 10.1 Å². The van der Waals surface area contributed by atoms with Crippen LogP contribution >= 0.6 is 0 Å². The molecule has 32 heavy (non-hydrogen) atoms. The summed E-state index contributed by atoms with van der Waals surface area (Å²) in [6.07, 6.45) is -0.214. The van der Waals surface area contributed by atoms with Gasteiger partial charge in [-0.1, -0.05) is 30.3 Å². The second kappa shape index (κ2) is 8.97. The van der Waals surface area contributed by atoms with Gasteiger partial charge in [-0.15, -0.1) is 15.0 Å². The number of hydrogen-bond acceptors (Lipinski definition) is 7. The number of benzene rings is 1. The van der Waals surface area contributed by atoms with E-state index < -0.39 is 25.4 Å². The van der Waals surface area contributed by atoms with E-state index in [1.165, 1.54) is 27.9 Å². The Morgan fingerprint density at radius 1 is 1.09 bits per heavy atom. The van der Waals surface area contributed by atoms with Crippen molar-refractivity contribution in [1.29, 1.82) is 0 Å². The summed E-state index contributed by atoms with van der Waals surface area (Å²) in [5.41, 5.74) is 1.23. The Balaban J connectivity index is 1.32. The predicted octanol–water partition coefficient (Wildman–Crippen LogP) is 2.03. The van der Waals surface area contributed by atoms with Gasteiger partial charge in [0.25, 0.3) is 5.91 Å². The summed E-state index contributed by atoms with van der Waals surface area (Å²) in [5.74, 6) is -0.0528. The number of anilines is 1. The average molecular weight is 447 g/mol. The van der Waals surface area contributed by atoms with E-state index >= 15 is 0 Å². The highest BCUT2D eigenvalue weighted by atomic mass is 19.4. The van der Waals surface area contributed by atoms with Crippen LogP contribution < -0.4 is 5.32 Å². The number of aromatic nitrogens is 8. The molecule has 0 spiro atoms.